The normalized spacial score (nSPS) is 12.2. The van der Waals surface area contributed by atoms with E-state index in [1.54, 1.807) is 11.3 Å². The van der Waals surface area contributed by atoms with E-state index in [0.29, 0.717) is 6.04 Å². The van der Waals surface area contributed by atoms with Crippen molar-refractivity contribution in [1.82, 2.24) is 10.3 Å². The van der Waals surface area contributed by atoms with E-state index in [1.165, 1.54) is 11.1 Å². The van der Waals surface area contributed by atoms with Gasteiger partial charge in [0.05, 0.1) is 0 Å². The second kappa shape index (κ2) is 7.16. The minimum Gasteiger partial charge on any atom is -0.303 e. The molecule has 106 valence electrons. The molecule has 1 aromatic heterocycles. The standard InChI is InChI=1S/C18H18N2S/c1-3-7-15(8-4-1)13-17(16-9-5-2-6-10-16)20-14-18-19-11-12-21-18/h1-12,17,20H,13-14H2. The Morgan fingerprint density at radius 2 is 1.67 bits per heavy atom. The van der Waals surface area contributed by atoms with E-state index in [4.69, 9.17) is 0 Å². The maximum atomic E-state index is 4.34. The van der Waals surface area contributed by atoms with E-state index in [2.05, 4.69) is 71.0 Å². The molecule has 1 N–H and O–H groups in total. The van der Waals surface area contributed by atoms with E-state index in [-0.39, 0.29) is 0 Å². The van der Waals surface area contributed by atoms with E-state index >= 15 is 0 Å². The number of rotatable bonds is 6. The maximum absolute atomic E-state index is 4.34. The van der Waals surface area contributed by atoms with Gasteiger partial charge in [0.1, 0.15) is 5.01 Å². The first-order valence-electron chi connectivity index (χ1n) is 7.12. The Morgan fingerprint density at radius 3 is 2.33 bits per heavy atom. The van der Waals surface area contributed by atoms with Gasteiger partial charge in [0, 0.05) is 24.2 Å². The minimum atomic E-state index is 0.303. The molecule has 0 bridgehead atoms. The third-order valence-electron chi connectivity index (χ3n) is 3.47. The molecule has 1 atom stereocenters. The van der Waals surface area contributed by atoms with Crippen LogP contribution in [-0.4, -0.2) is 4.98 Å². The first-order chi connectivity index (χ1) is 10.4. The van der Waals surface area contributed by atoms with Crippen LogP contribution in [-0.2, 0) is 13.0 Å². The summed E-state index contributed by atoms with van der Waals surface area (Å²) in [5.41, 5.74) is 2.66. The van der Waals surface area contributed by atoms with Crippen LogP contribution in [0, 0.1) is 0 Å². The Kier molecular flexibility index (Phi) is 4.77. The second-order valence-electron chi connectivity index (χ2n) is 4.96. The van der Waals surface area contributed by atoms with Crippen molar-refractivity contribution in [2.24, 2.45) is 0 Å². The molecule has 0 aliphatic carbocycles. The molecular formula is C18H18N2S. The highest BCUT2D eigenvalue weighted by Crippen LogP contribution is 2.19. The topological polar surface area (TPSA) is 24.9 Å². The van der Waals surface area contributed by atoms with Crippen LogP contribution in [0.4, 0.5) is 0 Å². The summed E-state index contributed by atoms with van der Waals surface area (Å²) in [6.07, 6.45) is 2.84. The molecule has 3 heteroatoms. The smallest absolute Gasteiger partial charge is 0.106 e. The van der Waals surface area contributed by atoms with Gasteiger partial charge in [-0.15, -0.1) is 11.3 Å². The SMILES string of the molecule is c1ccc(CC(NCc2nccs2)c2ccccc2)cc1. The Hall–Kier alpha value is -1.97. The van der Waals surface area contributed by atoms with E-state index in [9.17, 15) is 0 Å². The summed E-state index contributed by atoms with van der Waals surface area (Å²) in [4.78, 5) is 4.34. The lowest BCUT2D eigenvalue weighted by Crippen LogP contribution is -2.22. The first-order valence-corrected chi connectivity index (χ1v) is 8.00. The summed E-state index contributed by atoms with van der Waals surface area (Å²) in [6.45, 7) is 0.810. The van der Waals surface area contributed by atoms with Gasteiger partial charge in [-0.3, -0.25) is 0 Å². The first kappa shape index (κ1) is 14.0. The molecule has 0 amide bonds. The number of nitrogens with zero attached hydrogens (tertiary/aromatic N) is 1. The maximum Gasteiger partial charge on any atom is 0.106 e. The molecule has 0 saturated carbocycles. The summed E-state index contributed by atoms with van der Waals surface area (Å²) < 4.78 is 0. The molecule has 0 saturated heterocycles. The van der Waals surface area contributed by atoms with Crippen LogP contribution in [0.3, 0.4) is 0 Å². The number of benzene rings is 2. The number of hydrogen-bond acceptors (Lipinski definition) is 3. The largest absolute Gasteiger partial charge is 0.303 e. The Morgan fingerprint density at radius 1 is 0.952 bits per heavy atom. The van der Waals surface area contributed by atoms with Crippen molar-refractivity contribution in [1.29, 1.82) is 0 Å². The lowest BCUT2D eigenvalue weighted by Gasteiger charge is -2.19. The fourth-order valence-electron chi connectivity index (χ4n) is 2.39. The van der Waals surface area contributed by atoms with Crippen LogP contribution in [0.1, 0.15) is 22.2 Å². The van der Waals surface area contributed by atoms with Crippen molar-refractivity contribution in [2.45, 2.75) is 19.0 Å². The monoisotopic (exact) mass is 294 g/mol. The van der Waals surface area contributed by atoms with Gasteiger partial charge in [0.15, 0.2) is 0 Å². The van der Waals surface area contributed by atoms with Crippen molar-refractivity contribution in [2.75, 3.05) is 0 Å². The van der Waals surface area contributed by atoms with Gasteiger partial charge < -0.3 is 5.32 Å². The molecule has 21 heavy (non-hydrogen) atoms. The van der Waals surface area contributed by atoms with Gasteiger partial charge >= 0.3 is 0 Å². The lowest BCUT2D eigenvalue weighted by molar-refractivity contribution is 0.529. The van der Waals surface area contributed by atoms with Crippen LogP contribution in [0.25, 0.3) is 0 Å². The third-order valence-corrected chi connectivity index (χ3v) is 4.25. The molecule has 1 heterocycles. The molecule has 0 radical (unpaired) electrons. The minimum absolute atomic E-state index is 0.303. The van der Waals surface area contributed by atoms with Crippen molar-refractivity contribution in [3.63, 3.8) is 0 Å². The van der Waals surface area contributed by atoms with Crippen LogP contribution >= 0.6 is 11.3 Å². The van der Waals surface area contributed by atoms with E-state index < -0.39 is 0 Å². The van der Waals surface area contributed by atoms with Crippen LogP contribution < -0.4 is 5.32 Å². The Labute approximate surface area is 129 Å². The average Bonchev–Trinajstić information content (AvgIpc) is 3.07. The fraction of sp³-hybridized carbons (Fsp3) is 0.167. The molecule has 0 aliphatic heterocycles. The van der Waals surface area contributed by atoms with Crippen molar-refractivity contribution >= 4 is 11.3 Å². The Bertz CT molecular complexity index is 636. The van der Waals surface area contributed by atoms with Crippen molar-refractivity contribution < 1.29 is 0 Å². The van der Waals surface area contributed by atoms with Gasteiger partial charge in [0.2, 0.25) is 0 Å². The summed E-state index contributed by atoms with van der Waals surface area (Å²) in [5, 5.41) is 6.78. The predicted molar refractivity (Wildman–Crippen MR) is 88.3 cm³/mol. The second-order valence-corrected chi connectivity index (χ2v) is 5.94. The lowest BCUT2D eigenvalue weighted by atomic mass is 9.99. The molecule has 2 aromatic carbocycles. The summed E-state index contributed by atoms with van der Waals surface area (Å²) in [6, 6.07) is 21.5. The zero-order chi connectivity index (χ0) is 14.3. The van der Waals surface area contributed by atoms with Crippen LogP contribution in [0.5, 0.6) is 0 Å². The quantitative estimate of drug-likeness (QED) is 0.736. The summed E-state index contributed by atoms with van der Waals surface area (Å²) in [7, 11) is 0. The highest BCUT2D eigenvalue weighted by atomic mass is 32.1. The fourth-order valence-corrected chi connectivity index (χ4v) is 2.96. The van der Waals surface area contributed by atoms with Crippen LogP contribution in [0.2, 0.25) is 0 Å². The molecule has 2 nitrogen and oxygen atoms in total. The van der Waals surface area contributed by atoms with Crippen LogP contribution in [0.15, 0.2) is 72.2 Å². The van der Waals surface area contributed by atoms with Gasteiger partial charge in [0.25, 0.3) is 0 Å². The number of hydrogen-bond donors (Lipinski definition) is 1. The van der Waals surface area contributed by atoms with Gasteiger partial charge in [-0.2, -0.15) is 0 Å². The number of aromatic nitrogens is 1. The van der Waals surface area contributed by atoms with E-state index in [0.717, 1.165) is 18.0 Å². The molecule has 3 rings (SSSR count). The molecule has 0 fully saturated rings. The Balaban J connectivity index is 1.74. The highest BCUT2D eigenvalue weighted by molar-refractivity contribution is 7.09. The molecule has 0 aliphatic rings. The summed E-state index contributed by atoms with van der Waals surface area (Å²) in [5.74, 6) is 0. The molecule has 0 spiro atoms. The average molecular weight is 294 g/mol. The van der Waals surface area contributed by atoms with E-state index in [1.807, 2.05) is 11.6 Å². The molecular weight excluding hydrogens is 276 g/mol. The van der Waals surface area contributed by atoms with Crippen molar-refractivity contribution in [3.05, 3.63) is 88.4 Å². The highest BCUT2D eigenvalue weighted by Gasteiger charge is 2.12. The van der Waals surface area contributed by atoms with Gasteiger partial charge in [-0.1, -0.05) is 60.7 Å². The predicted octanol–water partition coefficient (Wildman–Crippen LogP) is 4.22. The third kappa shape index (κ3) is 4.00. The zero-order valence-corrected chi connectivity index (χ0v) is 12.6. The van der Waals surface area contributed by atoms with Gasteiger partial charge in [-0.05, 0) is 17.5 Å². The number of nitrogens with one attached hydrogen (secondary N) is 1. The molecule has 3 aromatic rings. The van der Waals surface area contributed by atoms with Crippen molar-refractivity contribution in [3.8, 4) is 0 Å². The summed E-state index contributed by atoms with van der Waals surface area (Å²) >= 11 is 1.69. The number of thiazole rings is 1. The van der Waals surface area contributed by atoms with Gasteiger partial charge in [-0.25, -0.2) is 4.98 Å². The molecule has 1 unspecified atom stereocenters. The zero-order valence-electron chi connectivity index (χ0n) is 11.8.